The summed E-state index contributed by atoms with van der Waals surface area (Å²) in [5.74, 6) is 0. The van der Waals surface area contributed by atoms with Crippen LogP contribution in [-0.2, 0) is 23.7 Å². The van der Waals surface area contributed by atoms with E-state index in [0.717, 1.165) is 29.9 Å². The molecule has 0 saturated carbocycles. The number of rotatable bonds is 8. The smallest absolute Gasteiger partial charge is 0.0561 e. The number of hydrogen-bond donors (Lipinski definition) is 0. The third-order valence-corrected chi connectivity index (χ3v) is 16.0. The van der Waals surface area contributed by atoms with E-state index in [1.165, 1.54) is 109 Å². The summed E-state index contributed by atoms with van der Waals surface area (Å²) in [6.07, 6.45) is 1.82. The van der Waals surface area contributed by atoms with E-state index in [2.05, 4.69) is 246 Å². The minimum absolute atomic E-state index is 0.159. The molecule has 2 aromatic heterocycles. The Morgan fingerprint density at radius 1 is 0.515 bits per heavy atom. The SMILES string of the molecule is CCc1ccccc1-c1c(CC)c(N(c2ccc(-c3ccc4c(c3)sc3ccccc34)cc2)c2ccc3c4ccccc4n(-c4ccccc4)c3c2)c2c(c1C(C)(C)C)-c1ccccc1C2(C)C. The van der Waals surface area contributed by atoms with Crippen LogP contribution in [0.1, 0.15) is 76.3 Å². The van der Waals surface area contributed by atoms with Crippen molar-refractivity contribution in [2.75, 3.05) is 4.90 Å². The van der Waals surface area contributed by atoms with Crippen molar-refractivity contribution in [2.24, 2.45) is 0 Å². The van der Waals surface area contributed by atoms with Gasteiger partial charge in [0.1, 0.15) is 0 Å². The van der Waals surface area contributed by atoms with Crippen LogP contribution in [0.5, 0.6) is 0 Å². The van der Waals surface area contributed by atoms with Crippen molar-refractivity contribution < 1.29 is 0 Å². The molecule has 0 amide bonds. The Morgan fingerprint density at radius 2 is 1.13 bits per heavy atom. The maximum atomic E-state index is 2.64. The summed E-state index contributed by atoms with van der Waals surface area (Å²) < 4.78 is 5.10. The van der Waals surface area contributed by atoms with Gasteiger partial charge in [-0.1, -0.05) is 182 Å². The minimum Gasteiger partial charge on any atom is -0.310 e. The van der Waals surface area contributed by atoms with E-state index in [1.54, 1.807) is 0 Å². The molecule has 68 heavy (non-hydrogen) atoms. The highest BCUT2D eigenvalue weighted by molar-refractivity contribution is 7.25. The Kier molecular flexibility index (Phi) is 9.90. The molecule has 0 spiro atoms. The molecular formula is C65H56N2S. The first-order chi connectivity index (χ1) is 33.1. The van der Waals surface area contributed by atoms with Gasteiger partial charge in [-0.25, -0.2) is 0 Å². The maximum absolute atomic E-state index is 2.64. The number of para-hydroxylation sites is 2. The molecular weight excluding hydrogens is 841 g/mol. The van der Waals surface area contributed by atoms with E-state index >= 15 is 0 Å². The van der Waals surface area contributed by atoms with Gasteiger partial charge in [0, 0.05) is 53.4 Å². The fraction of sp³-hybridized carbons (Fsp3) is 0.169. The van der Waals surface area contributed by atoms with Crippen LogP contribution in [0.15, 0.2) is 188 Å². The number of hydrogen-bond acceptors (Lipinski definition) is 2. The Labute approximate surface area is 404 Å². The average molecular weight is 897 g/mol. The monoisotopic (exact) mass is 896 g/mol. The zero-order chi connectivity index (χ0) is 46.5. The Balaban J connectivity index is 1.19. The number of thiophene rings is 1. The summed E-state index contributed by atoms with van der Waals surface area (Å²) >= 11 is 1.88. The molecule has 11 aromatic rings. The Hall–Kier alpha value is -7.20. The van der Waals surface area contributed by atoms with Crippen LogP contribution in [-0.4, -0.2) is 4.57 Å². The van der Waals surface area contributed by atoms with Crippen molar-refractivity contribution in [2.45, 2.75) is 72.1 Å². The largest absolute Gasteiger partial charge is 0.310 e. The van der Waals surface area contributed by atoms with Gasteiger partial charge in [-0.15, -0.1) is 11.3 Å². The van der Waals surface area contributed by atoms with E-state index in [0.29, 0.717) is 0 Å². The van der Waals surface area contributed by atoms with E-state index in [4.69, 9.17) is 0 Å². The van der Waals surface area contributed by atoms with Gasteiger partial charge in [-0.3, -0.25) is 0 Å². The van der Waals surface area contributed by atoms with E-state index in [-0.39, 0.29) is 10.8 Å². The third kappa shape index (κ3) is 6.43. The van der Waals surface area contributed by atoms with Crippen LogP contribution in [0, 0.1) is 0 Å². The second kappa shape index (κ2) is 16.0. The summed E-state index contributed by atoms with van der Waals surface area (Å²) in [5.41, 5.74) is 21.6. The fourth-order valence-corrected chi connectivity index (χ4v) is 13.0. The summed E-state index contributed by atoms with van der Waals surface area (Å²) in [4.78, 5) is 2.64. The predicted octanol–water partition coefficient (Wildman–Crippen LogP) is 18.7. The minimum atomic E-state index is -0.297. The molecule has 0 unspecified atom stereocenters. The second-order valence-electron chi connectivity index (χ2n) is 20.2. The first-order valence-electron chi connectivity index (χ1n) is 24.4. The molecule has 2 heterocycles. The van der Waals surface area contributed by atoms with Crippen LogP contribution in [0.3, 0.4) is 0 Å². The molecule has 332 valence electrons. The van der Waals surface area contributed by atoms with Gasteiger partial charge in [0.15, 0.2) is 0 Å². The summed E-state index contributed by atoms with van der Waals surface area (Å²) in [5, 5.41) is 5.15. The zero-order valence-electron chi connectivity index (χ0n) is 40.1. The summed E-state index contributed by atoms with van der Waals surface area (Å²) in [6.45, 7) is 16.9. The molecule has 0 atom stereocenters. The molecule has 0 N–H and O–H groups in total. The van der Waals surface area contributed by atoms with Gasteiger partial charge in [0.05, 0.1) is 16.7 Å². The van der Waals surface area contributed by atoms with Gasteiger partial charge in [0.2, 0.25) is 0 Å². The van der Waals surface area contributed by atoms with Crippen LogP contribution < -0.4 is 4.90 Å². The molecule has 1 aliphatic rings. The van der Waals surface area contributed by atoms with E-state index in [1.807, 2.05) is 11.3 Å². The van der Waals surface area contributed by atoms with Crippen LogP contribution in [0.2, 0.25) is 0 Å². The number of anilines is 3. The Bertz CT molecular complexity index is 3760. The molecule has 12 rings (SSSR count). The lowest BCUT2D eigenvalue weighted by atomic mass is 9.71. The maximum Gasteiger partial charge on any atom is 0.0561 e. The normalized spacial score (nSPS) is 13.2. The number of aromatic nitrogens is 1. The molecule has 0 fully saturated rings. The first kappa shape index (κ1) is 42.2. The highest BCUT2D eigenvalue weighted by atomic mass is 32.1. The highest BCUT2D eigenvalue weighted by Gasteiger charge is 2.45. The van der Waals surface area contributed by atoms with Gasteiger partial charge in [0.25, 0.3) is 0 Å². The van der Waals surface area contributed by atoms with Gasteiger partial charge in [-0.05, 0) is 134 Å². The lowest BCUT2D eigenvalue weighted by Crippen LogP contribution is -2.25. The molecule has 2 nitrogen and oxygen atoms in total. The quantitative estimate of drug-likeness (QED) is 0.148. The molecule has 0 radical (unpaired) electrons. The molecule has 0 aliphatic heterocycles. The van der Waals surface area contributed by atoms with Crippen molar-refractivity contribution in [3.63, 3.8) is 0 Å². The van der Waals surface area contributed by atoms with Crippen molar-refractivity contribution in [1.82, 2.24) is 4.57 Å². The van der Waals surface area contributed by atoms with Crippen molar-refractivity contribution in [3.05, 3.63) is 216 Å². The second-order valence-corrected chi connectivity index (χ2v) is 21.3. The van der Waals surface area contributed by atoms with Crippen LogP contribution >= 0.6 is 11.3 Å². The molecule has 9 aromatic carbocycles. The zero-order valence-corrected chi connectivity index (χ0v) is 40.9. The molecule has 3 heteroatoms. The number of fused-ring (bicyclic) bond motifs is 9. The number of aryl methyl sites for hydroxylation is 1. The van der Waals surface area contributed by atoms with E-state index in [9.17, 15) is 0 Å². The van der Waals surface area contributed by atoms with Gasteiger partial charge >= 0.3 is 0 Å². The standard InChI is InChI=1S/C65H56N2S/c1-8-41-21-13-14-24-48(41)59-47(9-2)63(62-60(61(59)64(3,4)5)53-27-15-18-28-54(53)65(62,6)7)66(45-34-31-42(32-35-45)43-33-37-52-51-26-17-20-30-57(51)68-58(52)39-43)46-36-38-50-49-25-16-19-29-55(49)67(56(50)40-46)44-22-11-10-12-23-44/h10-40H,8-9H2,1-7H3. The molecule has 0 bridgehead atoms. The van der Waals surface area contributed by atoms with E-state index < -0.39 is 0 Å². The van der Waals surface area contributed by atoms with Crippen LogP contribution in [0.4, 0.5) is 17.1 Å². The summed E-state index contributed by atoms with van der Waals surface area (Å²) in [7, 11) is 0. The lowest BCUT2D eigenvalue weighted by molar-refractivity contribution is 0.590. The van der Waals surface area contributed by atoms with Crippen molar-refractivity contribution in [3.8, 4) is 39.1 Å². The number of benzene rings is 9. The predicted molar refractivity (Wildman–Crippen MR) is 294 cm³/mol. The topological polar surface area (TPSA) is 8.17 Å². The highest BCUT2D eigenvalue weighted by Crippen LogP contribution is 2.61. The fourth-order valence-electron chi connectivity index (χ4n) is 11.8. The lowest BCUT2D eigenvalue weighted by Gasteiger charge is -2.38. The van der Waals surface area contributed by atoms with Gasteiger partial charge < -0.3 is 9.47 Å². The Morgan fingerprint density at radius 3 is 1.90 bits per heavy atom. The third-order valence-electron chi connectivity index (χ3n) is 14.8. The van der Waals surface area contributed by atoms with Gasteiger partial charge in [-0.2, -0.15) is 0 Å². The number of nitrogens with zero attached hydrogens (tertiary/aromatic N) is 2. The molecule has 1 aliphatic carbocycles. The molecule has 0 saturated heterocycles. The average Bonchev–Trinajstić information content (AvgIpc) is 3.98. The van der Waals surface area contributed by atoms with Crippen molar-refractivity contribution >= 4 is 70.4 Å². The van der Waals surface area contributed by atoms with Crippen molar-refractivity contribution in [1.29, 1.82) is 0 Å². The summed E-state index contributed by atoms with van der Waals surface area (Å²) in [6, 6.07) is 70.6. The first-order valence-corrected chi connectivity index (χ1v) is 25.2. The van der Waals surface area contributed by atoms with Crippen LogP contribution in [0.25, 0.3) is 81.0 Å².